The molecule has 0 radical (unpaired) electrons. The van der Waals surface area contributed by atoms with Gasteiger partial charge in [0.05, 0.1) is 18.5 Å². The van der Waals surface area contributed by atoms with Crippen LogP contribution >= 0.6 is 0 Å². The van der Waals surface area contributed by atoms with Crippen molar-refractivity contribution in [2.45, 2.75) is 12.3 Å². The average Bonchev–Trinajstić information content (AvgIpc) is 3.04. The van der Waals surface area contributed by atoms with Crippen LogP contribution in [-0.4, -0.2) is 22.6 Å². The fourth-order valence-corrected chi connectivity index (χ4v) is 3.19. The topological polar surface area (TPSA) is 56.1 Å². The Morgan fingerprint density at radius 2 is 1.85 bits per heavy atom. The van der Waals surface area contributed by atoms with Crippen LogP contribution in [0.15, 0.2) is 48.8 Å². The Kier molecular flexibility index (Phi) is 3.91. The van der Waals surface area contributed by atoms with Crippen molar-refractivity contribution in [3.8, 4) is 11.4 Å². The van der Waals surface area contributed by atoms with Crippen molar-refractivity contribution in [1.82, 2.24) is 9.55 Å². The van der Waals surface area contributed by atoms with Gasteiger partial charge < -0.3 is 10.1 Å². The number of fused-ring (bicyclic) bond motifs is 1. The van der Waals surface area contributed by atoms with Crippen LogP contribution in [0.3, 0.4) is 0 Å². The highest BCUT2D eigenvalue weighted by Crippen LogP contribution is 2.37. The van der Waals surface area contributed by atoms with E-state index >= 15 is 0 Å². The summed E-state index contributed by atoms with van der Waals surface area (Å²) >= 11 is 0. The van der Waals surface area contributed by atoms with Gasteiger partial charge in [-0.3, -0.25) is 9.36 Å². The maximum Gasteiger partial charge on any atom is 0.226 e. The smallest absolute Gasteiger partial charge is 0.226 e. The third-order valence-corrected chi connectivity index (χ3v) is 4.42. The fraction of sp³-hybridized carbons (Fsp3) is 0.158. The Morgan fingerprint density at radius 1 is 1.15 bits per heavy atom. The van der Waals surface area contributed by atoms with Crippen LogP contribution in [0.5, 0.6) is 5.75 Å². The van der Waals surface area contributed by atoms with Gasteiger partial charge >= 0.3 is 0 Å². The van der Waals surface area contributed by atoms with E-state index in [0.717, 1.165) is 17.4 Å². The third kappa shape index (κ3) is 2.81. The summed E-state index contributed by atoms with van der Waals surface area (Å²) in [5.41, 5.74) is 1.82. The van der Waals surface area contributed by atoms with Crippen molar-refractivity contribution in [3.05, 3.63) is 71.7 Å². The molecule has 5 nitrogen and oxygen atoms in total. The number of halogens is 2. The first-order chi connectivity index (χ1) is 12.5. The molecule has 2 aromatic carbocycles. The van der Waals surface area contributed by atoms with E-state index in [2.05, 4.69) is 10.3 Å². The number of hydrogen-bond donors (Lipinski definition) is 1. The number of nitrogens with one attached hydrogen (secondary N) is 1. The molecule has 0 aliphatic carbocycles. The molecule has 0 saturated heterocycles. The van der Waals surface area contributed by atoms with E-state index < -0.39 is 11.6 Å². The number of amides is 1. The second kappa shape index (κ2) is 6.25. The Labute approximate surface area is 148 Å². The molecule has 0 spiro atoms. The molecule has 1 aliphatic rings. The number of hydrogen-bond acceptors (Lipinski definition) is 3. The predicted octanol–water partition coefficient (Wildman–Crippen LogP) is 3.63. The first-order valence-corrected chi connectivity index (χ1v) is 8.02. The molecule has 26 heavy (non-hydrogen) atoms. The predicted molar refractivity (Wildman–Crippen MR) is 91.6 cm³/mol. The summed E-state index contributed by atoms with van der Waals surface area (Å²) in [6, 6.07) is 10.6. The molecule has 0 saturated carbocycles. The van der Waals surface area contributed by atoms with Gasteiger partial charge in [0.15, 0.2) is 0 Å². The zero-order valence-corrected chi connectivity index (χ0v) is 13.9. The molecule has 1 aliphatic heterocycles. The maximum absolute atomic E-state index is 13.6. The van der Waals surface area contributed by atoms with Crippen LogP contribution in [0.4, 0.5) is 14.6 Å². The molecular formula is C19H15F2N3O2. The van der Waals surface area contributed by atoms with E-state index in [-0.39, 0.29) is 23.9 Å². The van der Waals surface area contributed by atoms with E-state index in [0.29, 0.717) is 11.5 Å². The highest BCUT2D eigenvalue weighted by atomic mass is 19.1. The number of anilines is 1. The molecule has 4 rings (SSSR count). The lowest BCUT2D eigenvalue weighted by molar-refractivity contribution is -0.116. The van der Waals surface area contributed by atoms with Gasteiger partial charge in [0.1, 0.15) is 29.5 Å². The van der Waals surface area contributed by atoms with E-state index in [1.165, 1.54) is 23.0 Å². The summed E-state index contributed by atoms with van der Waals surface area (Å²) in [7, 11) is 1.58. The average molecular weight is 355 g/mol. The zero-order valence-electron chi connectivity index (χ0n) is 13.9. The number of aromatic nitrogens is 2. The molecule has 7 heteroatoms. The summed E-state index contributed by atoms with van der Waals surface area (Å²) < 4.78 is 33.8. The molecule has 1 atom stereocenters. The van der Waals surface area contributed by atoms with Gasteiger partial charge in [0.25, 0.3) is 0 Å². The highest BCUT2D eigenvalue weighted by Gasteiger charge is 2.31. The van der Waals surface area contributed by atoms with Gasteiger partial charge in [0.2, 0.25) is 5.91 Å². The van der Waals surface area contributed by atoms with Gasteiger partial charge in [-0.1, -0.05) is 12.1 Å². The largest absolute Gasteiger partial charge is 0.497 e. The van der Waals surface area contributed by atoms with Crippen molar-refractivity contribution in [2.24, 2.45) is 0 Å². The Morgan fingerprint density at radius 3 is 2.50 bits per heavy atom. The van der Waals surface area contributed by atoms with E-state index in [1.54, 1.807) is 7.11 Å². The zero-order chi connectivity index (χ0) is 18.3. The molecule has 1 aromatic heterocycles. The van der Waals surface area contributed by atoms with Gasteiger partial charge in [0, 0.05) is 18.4 Å². The van der Waals surface area contributed by atoms with Crippen molar-refractivity contribution in [2.75, 3.05) is 12.4 Å². The molecule has 0 bridgehead atoms. The second-order valence-corrected chi connectivity index (χ2v) is 6.05. The minimum atomic E-state index is -0.698. The third-order valence-electron chi connectivity index (χ3n) is 4.42. The van der Waals surface area contributed by atoms with Crippen LogP contribution in [0.1, 0.15) is 23.6 Å². The van der Waals surface area contributed by atoms with Crippen LogP contribution in [-0.2, 0) is 4.79 Å². The number of benzene rings is 2. The Balaban J connectivity index is 1.79. The van der Waals surface area contributed by atoms with Gasteiger partial charge in [-0.25, -0.2) is 13.8 Å². The molecular weight excluding hydrogens is 340 g/mol. The lowest BCUT2D eigenvalue weighted by Crippen LogP contribution is -2.24. The summed E-state index contributed by atoms with van der Waals surface area (Å²) in [5, 5.41) is 2.76. The maximum atomic E-state index is 13.6. The number of ether oxygens (including phenoxy) is 1. The second-order valence-electron chi connectivity index (χ2n) is 6.05. The van der Waals surface area contributed by atoms with E-state index in [4.69, 9.17) is 4.74 Å². The SMILES string of the molecule is COc1ccc(C2CC(=O)Nc3c2ncn3-c2cc(F)cc(F)c2)cc1. The summed E-state index contributed by atoms with van der Waals surface area (Å²) in [6.07, 6.45) is 1.70. The van der Waals surface area contributed by atoms with Gasteiger partial charge in [-0.05, 0) is 29.8 Å². The number of nitrogens with zero attached hydrogens (tertiary/aromatic N) is 2. The lowest BCUT2D eigenvalue weighted by Gasteiger charge is -2.23. The van der Waals surface area contributed by atoms with Gasteiger partial charge in [-0.2, -0.15) is 0 Å². The van der Waals surface area contributed by atoms with Crippen LogP contribution < -0.4 is 10.1 Å². The molecule has 132 valence electrons. The normalized spacial score (nSPS) is 16.1. The molecule has 0 fully saturated rings. The minimum Gasteiger partial charge on any atom is -0.497 e. The molecule has 1 N–H and O–H groups in total. The number of methoxy groups -OCH3 is 1. The Hall–Kier alpha value is -3.22. The van der Waals surface area contributed by atoms with Crippen molar-refractivity contribution in [3.63, 3.8) is 0 Å². The summed E-state index contributed by atoms with van der Waals surface area (Å²) in [5.74, 6) is -0.684. The summed E-state index contributed by atoms with van der Waals surface area (Å²) in [6.45, 7) is 0. The molecule has 1 amide bonds. The first-order valence-electron chi connectivity index (χ1n) is 8.02. The summed E-state index contributed by atoms with van der Waals surface area (Å²) in [4.78, 5) is 16.6. The monoisotopic (exact) mass is 355 g/mol. The van der Waals surface area contributed by atoms with Gasteiger partial charge in [-0.15, -0.1) is 0 Å². The standard InChI is InChI=1S/C19H15F2N3O2/c1-26-15-4-2-11(3-5-15)16-9-17(25)23-19-18(16)22-10-24(19)14-7-12(20)6-13(21)8-14/h2-8,10,16H,9H2,1H3,(H,23,25). The van der Waals surface area contributed by atoms with Crippen LogP contribution in [0, 0.1) is 11.6 Å². The first kappa shape index (κ1) is 16.3. The Bertz CT molecular complexity index is 963. The number of rotatable bonds is 3. The molecule has 1 unspecified atom stereocenters. The van der Waals surface area contributed by atoms with E-state index in [1.807, 2.05) is 24.3 Å². The quantitative estimate of drug-likeness (QED) is 0.781. The number of carbonyl (C=O) groups is 1. The van der Waals surface area contributed by atoms with Crippen LogP contribution in [0.25, 0.3) is 5.69 Å². The number of carbonyl (C=O) groups excluding carboxylic acids is 1. The molecule has 2 heterocycles. The number of imidazole rings is 1. The van der Waals surface area contributed by atoms with Crippen LogP contribution in [0.2, 0.25) is 0 Å². The van der Waals surface area contributed by atoms with Crippen molar-refractivity contribution < 1.29 is 18.3 Å². The van der Waals surface area contributed by atoms with Crippen molar-refractivity contribution in [1.29, 1.82) is 0 Å². The highest BCUT2D eigenvalue weighted by molar-refractivity contribution is 5.94. The van der Waals surface area contributed by atoms with Crippen molar-refractivity contribution >= 4 is 11.7 Å². The molecule has 3 aromatic rings. The van der Waals surface area contributed by atoms with E-state index in [9.17, 15) is 13.6 Å². The fourth-order valence-electron chi connectivity index (χ4n) is 3.19. The minimum absolute atomic E-state index is 0.183. The lowest BCUT2D eigenvalue weighted by atomic mass is 9.90.